The molecule has 5 heteroatoms. The molecule has 0 aromatic carbocycles. The van der Waals surface area contributed by atoms with Gasteiger partial charge in [-0.3, -0.25) is 0 Å². The molecule has 0 saturated carbocycles. The zero-order valence-corrected chi connectivity index (χ0v) is 10.1. The number of hydrogen-bond acceptors (Lipinski definition) is 5. The van der Waals surface area contributed by atoms with Crippen molar-refractivity contribution in [3.05, 3.63) is 24.0 Å². The van der Waals surface area contributed by atoms with Crippen molar-refractivity contribution in [3.63, 3.8) is 0 Å². The van der Waals surface area contributed by atoms with Gasteiger partial charge in [-0.05, 0) is 6.42 Å². The lowest BCUT2D eigenvalue weighted by molar-refractivity contribution is -0.222. The van der Waals surface area contributed by atoms with E-state index in [2.05, 4.69) is 6.58 Å². The van der Waals surface area contributed by atoms with E-state index in [-0.39, 0.29) is 11.7 Å². The molecule has 0 aromatic rings. The van der Waals surface area contributed by atoms with E-state index in [1.54, 1.807) is 13.0 Å². The van der Waals surface area contributed by atoms with Crippen LogP contribution in [0, 0.1) is 5.92 Å². The number of cyclic esters (lactones) is 2. The van der Waals surface area contributed by atoms with E-state index in [9.17, 15) is 14.7 Å². The maximum atomic E-state index is 11.6. The van der Waals surface area contributed by atoms with Crippen molar-refractivity contribution in [1.29, 1.82) is 0 Å². The molecule has 0 aliphatic carbocycles. The SMILES string of the molecule is C=CCC(C)C(O)=C1C(=O)OC(C)(C)OC1=O. The summed E-state index contributed by atoms with van der Waals surface area (Å²) in [5, 5.41) is 9.81. The summed E-state index contributed by atoms with van der Waals surface area (Å²) in [4.78, 5) is 23.2. The molecule has 1 saturated heterocycles. The quantitative estimate of drug-likeness (QED) is 0.268. The summed E-state index contributed by atoms with van der Waals surface area (Å²) >= 11 is 0. The van der Waals surface area contributed by atoms with Gasteiger partial charge in [0.15, 0.2) is 5.57 Å². The standard InChI is InChI=1S/C12H16O5/c1-5-6-7(2)9(13)8-10(14)16-12(3,4)17-11(8)15/h5,7,13H,1,6H2,2-4H3. The monoisotopic (exact) mass is 240 g/mol. The van der Waals surface area contributed by atoms with Crippen molar-refractivity contribution in [3.8, 4) is 0 Å². The third-order valence-corrected chi connectivity index (χ3v) is 2.33. The Morgan fingerprint density at radius 2 is 1.88 bits per heavy atom. The number of carbonyl (C=O) groups is 2. The summed E-state index contributed by atoms with van der Waals surface area (Å²) in [7, 11) is 0. The van der Waals surface area contributed by atoms with Crippen molar-refractivity contribution < 1.29 is 24.2 Å². The molecule has 17 heavy (non-hydrogen) atoms. The highest BCUT2D eigenvalue weighted by molar-refractivity contribution is 6.15. The minimum atomic E-state index is -1.29. The molecule has 1 rings (SSSR count). The van der Waals surface area contributed by atoms with Crippen molar-refractivity contribution in [1.82, 2.24) is 0 Å². The summed E-state index contributed by atoms with van der Waals surface area (Å²) in [5.74, 6) is -3.72. The van der Waals surface area contributed by atoms with E-state index in [1.165, 1.54) is 13.8 Å². The number of aliphatic hydroxyl groups excluding tert-OH is 1. The Bertz CT molecular complexity index is 370. The van der Waals surface area contributed by atoms with Gasteiger partial charge >= 0.3 is 11.9 Å². The molecule has 0 amide bonds. The Labute approximate surface area is 99.7 Å². The lowest BCUT2D eigenvalue weighted by Gasteiger charge is -2.30. The molecule has 1 fully saturated rings. The van der Waals surface area contributed by atoms with Crippen molar-refractivity contribution in [2.24, 2.45) is 5.92 Å². The fraction of sp³-hybridized carbons (Fsp3) is 0.500. The zero-order chi connectivity index (χ0) is 13.2. The number of esters is 2. The second-order valence-corrected chi connectivity index (χ2v) is 4.36. The number of rotatable bonds is 3. The Hall–Kier alpha value is -1.78. The van der Waals surface area contributed by atoms with Gasteiger partial charge in [-0.25, -0.2) is 9.59 Å². The lowest BCUT2D eigenvalue weighted by atomic mass is 10.0. The fourth-order valence-corrected chi connectivity index (χ4v) is 1.47. The van der Waals surface area contributed by atoms with Crippen LogP contribution in [0.2, 0.25) is 0 Å². The zero-order valence-electron chi connectivity index (χ0n) is 10.1. The predicted molar refractivity (Wildman–Crippen MR) is 59.9 cm³/mol. The van der Waals surface area contributed by atoms with E-state index in [4.69, 9.17) is 9.47 Å². The molecule has 1 N–H and O–H groups in total. The molecule has 0 aromatic heterocycles. The second kappa shape index (κ2) is 4.61. The normalized spacial score (nSPS) is 20.3. The molecule has 94 valence electrons. The van der Waals surface area contributed by atoms with Gasteiger partial charge in [0.25, 0.3) is 5.79 Å². The maximum Gasteiger partial charge on any atom is 0.352 e. The van der Waals surface area contributed by atoms with E-state index < -0.39 is 23.3 Å². The van der Waals surface area contributed by atoms with E-state index in [0.29, 0.717) is 6.42 Å². The minimum Gasteiger partial charge on any atom is -0.511 e. The van der Waals surface area contributed by atoms with Gasteiger partial charge in [0.1, 0.15) is 5.76 Å². The van der Waals surface area contributed by atoms with E-state index in [1.807, 2.05) is 0 Å². The molecule has 1 heterocycles. The van der Waals surface area contributed by atoms with Gasteiger partial charge in [-0.1, -0.05) is 13.0 Å². The third kappa shape index (κ3) is 2.87. The summed E-state index contributed by atoms with van der Waals surface area (Å²) in [6, 6.07) is 0. The van der Waals surface area contributed by atoms with Crippen LogP contribution in [0.25, 0.3) is 0 Å². The van der Waals surface area contributed by atoms with Crippen molar-refractivity contribution in [2.45, 2.75) is 33.0 Å². The van der Waals surface area contributed by atoms with Crippen molar-refractivity contribution in [2.75, 3.05) is 0 Å². The second-order valence-electron chi connectivity index (χ2n) is 4.36. The number of carbonyl (C=O) groups excluding carboxylic acids is 2. The van der Waals surface area contributed by atoms with Gasteiger partial charge in [0.2, 0.25) is 0 Å². The number of hydrogen-bond donors (Lipinski definition) is 1. The van der Waals surface area contributed by atoms with Crippen LogP contribution in [0.4, 0.5) is 0 Å². The van der Waals surface area contributed by atoms with Crippen molar-refractivity contribution >= 4 is 11.9 Å². The molecule has 1 aliphatic rings. The smallest absolute Gasteiger partial charge is 0.352 e. The van der Waals surface area contributed by atoms with Gasteiger partial charge in [-0.15, -0.1) is 6.58 Å². The number of aliphatic hydroxyl groups is 1. The minimum absolute atomic E-state index is 0.324. The van der Waals surface area contributed by atoms with Crippen LogP contribution in [0.1, 0.15) is 27.2 Å². The van der Waals surface area contributed by atoms with Crippen LogP contribution in [0.3, 0.4) is 0 Å². The summed E-state index contributed by atoms with van der Waals surface area (Å²) in [6.07, 6.45) is 2.03. The van der Waals surface area contributed by atoms with Crippen LogP contribution in [-0.4, -0.2) is 22.8 Å². The topological polar surface area (TPSA) is 72.8 Å². The van der Waals surface area contributed by atoms with Crippen LogP contribution in [0.15, 0.2) is 24.0 Å². The molecular formula is C12H16O5. The Kier molecular flexibility index (Phi) is 3.60. The number of allylic oxidation sites excluding steroid dienone is 2. The molecule has 5 nitrogen and oxygen atoms in total. The first-order valence-electron chi connectivity index (χ1n) is 5.29. The largest absolute Gasteiger partial charge is 0.511 e. The molecule has 1 unspecified atom stereocenters. The molecule has 1 atom stereocenters. The van der Waals surface area contributed by atoms with Gasteiger partial charge in [-0.2, -0.15) is 0 Å². The van der Waals surface area contributed by atoms with Gasteiger partial charge < -0.3 is 14.6 Å². The first-order chi connectivity index (χ1) is 7.78. The molecule has 1 aliphatic heterocycles. The van der Waals surface area contributed by atoms with Crippen LogP contribution < -0.4 is 0 Å². The molecule has 0 bridgehead atoms. The average Bonchev–Trinajstić information content (AvgIpc) is 2.14. The highest BCUT2D eigenvalue weighted by Gasteiger charge is 2.41. The Morgan fingerprint density at radius 3 is 2.29 bits per heavy atom. The summed E-state index contributed by atoms with van der Waals surface area (Å²) in [6.45, 7) is 8.09. The van der Waals surface area contributed by atoms with Crippen LogP contribution in [-0.2, 0) is 19.1 Å². The lowest BCUT2D eigenvalue weighted by Crippen LogP contribution is -2.42. The van der Waals surface area contributed by atoms with Crippen LogP contribution >= 0.6 is 0 Å². The summed E-state index contributed by atoms with van der Waals surface area (Å²) < 4.78 is 9.76. The fourth-order valence-electron chi connectivity index (χ4n) is 1.47. The van der Waals surface area contributed by atoms with E-state index >= 15 is 0 Å². The highest BCUT2D eigenvalue weighted by Crippen LogP contribution is 2.27. The molecule has 0 spiro atoms. The van der Waals surface area contributed by atoms with Gasteiger partial charge in [0.05, 0.1) is 0 Å². The predicted octanol–water partition coefficient (Wildman–Crippen LogP) is 1.85. The number of ether oxygens (including phenoxy) is 2. The highest BCUT2D eigenvalue weighted by atomic mass is 16.7. The first kappa shape index (κ1) is 13.3. The third-order valence-electron chi connectivity index (χ3n) is 2.33. The molecule has 0 radical (unpaired) electrons. The van der Waals surface area contributed by atoms with Gasteiger partial charge in [0, 0.05) is 19.8 Å². The maximum absolute atomic E-state index is 11.6. The van der Waals surface area contributed by atoms with Crippen LogP contribution in [0.5, 0.6) is 0 Å². The summed E-state index contributed by atoms with van der Waals surface area (Å²) in [5.41, 5.74) is -0.432. The Morgan fingerprint density at radius 1 is 1.41 bits per heavy atom. The Balaban J connectivity index is 3.05. The van der Waals surface area contributed by atoms with E-state index in [0.717, 1.165) is 0 Å². The first-order valence-corrected chi connectivity index (χ1v) is 5.29. The molecular weight excluding hydrogens is 224 g/mol. The average molecular weight is 240 g/mol.